The molecule has 0 fully saturated rings. The molecule has 0 saturated carbocycles. The van der Waals surface area contributed by atoms with Gasteiger partial charge in [0, 0.05) is 6.42 Å². The van der Waals surface area contributed by atoms with Crippen molar-refractivity contribution in [2.45, 2.75) is 18.6 Å². The van der Waals surface area contributed by atoms with Crippen molar-refractivity contribution in [3.05, 3.63) is 95.6 Å². The molecular formula is C25H29N3O3. The van der Waals surface area contributed by atoms with Gasteiger partial charge in [0.2, 0.25) is 0 Å². The predicted octanol–water partition coefficient (Wildman–Crippen LogP) is 3.24. The molecule has 0 amide bonds. The fourth-order valence-corrected chi connectivity index (χ4v) is 3.40. The number of aliphatic hydroxyl groups is 1. The van der Waals surface area contributed by atoms with E-state index < -0.39 is 5.60 Å². The largest absolute Gasteiger partial charge is 0.493 e. The summed E-state index contributed by atoms with van der Waals surface area (Å²) in [5.74, 6) is 1.57. The highest BCUT2D eigenvalue weighted by molar-refractivity contribution is 5.78. The molecule has 0 heterocycles. The first-order valence-corrected chi connectivity index (χ1v) is 10.1. The Morgan fingerprint density at radius 3 is 2.19 bits per heavy atom. The Bertz CT molecular complexity index is 993. The zero-order valence-electron chi connectivity index (χ0n) is 17.9. The number of hydrogen-bond donors (Lipinski definition) is 3. The highest BCUT2D eigenvalue weighted by Gasteiger charge is 2.29. The van der Waals surface area contributed by atoms with Gasteiger partial charge in [-0.3, -0.25) is 0 Å². The van der Waals surface area contributed by atoms with E-state index in [1.54, 1.807) is 14.2 Å². The molecule has 0 aliphatic carbocycles. The Kier molecular flexibility index (Phi) is 7.51. The van der Waals surface area contributed by atoms with Crippen molar-refractivity contribution in [2.24, 2.45) is 10.7 Å². The number of hydrogen-bond acceptors (Lipinski definition) is 4. The van der Waals surface area contributed by atoms with Gasteiger partial charge in [-0.05, 0) is 28.8 Å². The minimum atomic E-state index is -1.13. The molecule has 6 heteroatoms. The summed E-state index contributed by atoms with van der Waals surface area (Å²) in [6.07, 6.45) is 0.452. The van der Waals surface area contributed by atoms with Crippen molar-refractivity contribution in [1.82, 2.24) is 5.32 Å². The van der Waals surface area contributed by atoms with E-state index in [2.05, 4.69) is 10.3 Å². The number of guanidine groups is 1. The summed E-state index contributed by atoms with van der Waals surface area (Å²) in [5, 5.41) is 14.6. The van der Waals surface area contributed by atoms with Crippen LogP contribution in [0.3, 0.4) is 0 Å². The van der Waals surface area contributed by atoms with Gasteiger partial charge in [0.05, 0.1) is 27.3 Å². The monoisotopic (exact) mass is 419 g/mol. The number of rotatable bonds is 9. The van der Waals surface area contributed by atoms with Crippen molar-refractivity contribution in [1.29, 1.82) is 0 Å². The zero-order valence-corrected chi connectivity index (χ0v) is 17.9. The number of ether oxygens (including phenoxy) is 2. The molecule has 31 heavy (non-hydrogen) atoms. The molecule has 1 atom stereocenters. The van der Waals surface area contributed by atoms with Crippen molar-refractivity contribution < 1.29 is 14.6 Å². The third kappa shape index (κ3) is 5.99. The predicted molar refractivity (Wildman–Crippen MR) is 123 cm³/mol. The Morgan fingerprint density at radius 2 is 1.55 bits per heavy atom. The molecule has 162 valence electrons. The molecule has 3 aromatic carbocycles. The third-order valence-corrected chi connectivity index (χ3v) is 5.09. The first-order chi connectivity index (χ1) is 15.0. The van der Waals surface area contributed by atoms with Crippen LogP contribution in [0.5, 0.6) is 11.5 Å². The van der Waals surface area contributed by atoms with E-state index >= 15 is 0 Å². The lowest BCUT2D eigenvalue weighted by Crippen LogP contribution is -2.45. The van der Waals surface area contributed by atoms with Crippen LogP contribution in [0.2, 0.25) is 0 Å². The van der Waals surface area contributed by atoms with Gasteiger partial charge >= 0.3 is 0 Å². The average Bonchev–Trinajstić information content (AvgIpc) is 2.82. The molecule has 0 bridgehead atoms. The van der Waals surface area contributed by atoms with E-state index in [1.165, 1.54) is 0 Å². The summed E-state index contributed by atoms with van der Waals surface area (Å²) in [4.78, 5) is 4.40. The molecule has 0 aliphatic heterocycles. The van der Waals surface area contributed by atoms with Crippen LogP contribution in [0, 0.1) is 0 Å². The standard InChI is InChI=1S/C25H29N3O3/c1-30-22-14-13-20(15-23(22)31-2)17-27-24(26)28-18-25(29,21-11-7-4-8-12-21)16-19-9-5-3-6-10-19/h3-15,29H,16-18H2,1-2H3,(H3,26,27,28). The highest BCUT2D eigenvalue weighted by Crippen LogP contribution is 2.28. The summed E-state index contributed by atoms with van der Waals surface area (Å²) in [6, 6.07) is 25.1. The first-order valence-electron chi connectivity index (χ1n) is 10.1. The van der Waals surface area contributed by atoms with Gasteiger partial charge < -0.3 is 25.6 Å². The van der Waals surface area contributed by atoms with Crippen LogP contribution >= 0.6 is 0 Å². The number of nitrogens with one attached hydrogen (secondary N) is 1. The van der Waals surface area contributed by atoms with E-state index in [0.29, 0.717) is 24.5 Å². The fourth-order valence-electron chi connectivity index (χ4n) is 3.40. The van der Waals surface area contributed by atoms with Gasteiger partial charge in [-0.1, -0.05) is 66.7 Å². The molecule has 1 unspecified atom stereocenters. The van der Waals surface area contributed by atoms with E-state index in [0.717, 1.165) is 16.7 Å². The van der Waals surface area contributed by atoms with Crippen LogP contribution in [0.15, 0.2) is 83.9 Å². The van der Waals surface area contributed by atoms with E-state index in [4.69, 9.17) is 15.2 Å². The van der Waals surface area contributed by atoms with Crippen LogP contribution in [-0.2, 0) is 18.6 Å². The molecular weight excluding hydrogens is 390 g/mol. The average molecular weight is 420 g/mol. The quantitative estimate of drug-likeness (QED) is 0.366. The normalized spacial score (nSPS) is 13.3. The number of nitrogens with zero attached hydrogens (tertiary/aromatic N) is 1. The second-order valence-corrected chi connectivity index (χ2v) is 7.30. The first kappa shape index (κ1) is 22.2. The number of benzene rings is 3. The summed E-state index contributed by atoms with van der Waals surface area (Å²) >= 11 is 0. The maximum absolute atomic E-state index is 11.5. The lowest BCUT2D eigenvalue weighted by Gasteiger charge is -2.29. The summed E-state index contributed by atoms with van der Waals surface area (Å²) < 4.78 is 10.6. The number of nitrogens with two attached hydrogens (primary N) is 1. The van der Waals surface area contributed by atoms with Gasteiger partial charge in [-0.2, -0.15) is 0 Å². The summed E-state index contributed by atoms with van der Waals surface area (Å²) in [7, 11) is 3.19. The fraction of sp³-hybridized carbons (Fsp3) is 0.240. The Labute approximate surface area is 183 Å². The second kappa shape index (κ2) is 10.5. The molecule has 3 aromatic rings. The lowest BCUT2D eigenvalue weighted by molar-refractivity contribution is 0.0415. The lowest BCUT2D eigenvalue weighted by atomic mass is 9.87. The molecule has 0 radical (unpaired) electrons. The Balaban J connectivity index is 1.70. The second-order valence-electron chi connectivity index (χ2n) is 7.30. The van der Waals surface area contributed by atoms with Crippen LogP contribution in [0.25, 0.3) is 0 Å². The minimum Gasteiger partial charge on any atom is -0.493 e. The van der Waals surface area contributed by atoms with Gasteiger partial charge in [0.1, 0.15) is 5.60 Å². The van der Waals surface area contributed by atoms with Crippen molar-refractivity contribution >= 4 is 5.96 Å². The van der Waals surface area contributed by atoms with Crippen molar-refractivity contribution in [3.63, 3.8) is 0 Å². The summed E-state index contributed by atoms with van der Waals surface area (Å²) in [6.45, 7) is 0.606. The van der Waals surface area contributed by atoms with Crippen LogP contribution in [0.4, 0.5) is 0 Å². The number of methoxy groups -OCH3 is 2. The molecule has 0 aromatic heterocycles. The van der Waals surface area contributed by atoms with Crippen LogP contribution in [0.1, 0.15) is 16.7 Å². The molecule has 0 saturated heterocycles. The molecule has 0 spiro atoms. The number of aliphatic imine (C=N–C) groups is 1. The minimum absolute atomic E-state index is 0.229. The maximum atomic E-state index is 11.5. The van der Waals surface area contributed by atoms with Gasteiger partial charge in [0.15, 0.2) is 17.5 Å². The molecule has 0 aliphatic rings. The maximum Gasteiger partial charge on any atom is 0.189 e. The SMILES string of the molecule is COc1ccc(CN=C(N)NCC(O)(Cc2ccccc2)c2ccccc2)cc1OC. The molecule has 4 N–H and O–H groups in total. The topological polar surface area (TPSA) is 89.1 Å². The molecule has 6 nitrogen and oxygen atoms in total. The van der Waals surface area contributed by atoms with E-state index in [1.807, 2.05) is 78.9 Å². The third-order valence-electron chi connectivity index (χ3n) is 5.09. The van der Waals surface area contributed by atoms with Gasteiger partial charge in [0.25, 0.3) is 0 Å². The van der Waals surface area contributed by atoms with Gasteiger partial charge in [-0.15, -0.1) is 0 Å². The van der Waals surface area contributed by atoms with Crippen molar-refractivity contribution in [2.75, 3.05) is 20.8 Å². The van der Waals surface area contributed by atoms with Crippen LogP contribution in [-0.4, -0.2) is 31.8 Å². The smallest absolute Gasteiger partial charge is 0.189 e. The summed E-state index contributed by atoms with van der Waals surface area (Å²) in [5.41, 5.74) is 7.76. The Morgan fingerprint density at radius 1 is 0.903 bits per heavy atom. The highest BCUT2D eigenvalue weighted by atomic mass is 16.5. The van der Waals surface area contributed by atoms with Crippen molar-refractivity contribution in [3.8, 4) is 11.5 Å². The zero-order chi connectivity index (χ0) is 22.1. The molecule has 3 rings (SSSR count). The Hall–Kier alpha value is -3.51. The van der Waals surface area contributed by atoms with Gasteiger partial charge in [-0.25, -0.2) is 4.99 Å². The van der Waals surface area contributed by atoms with Crippen LogP contribution < -0.4 is 20.5 Å². The van der Waals surface area contributed by atoms with E-state index in [9.17, 15) is 5.11 Å². The van der Waals surface area contributed by atoms with E-state index in [-0.39, 0.29) is 12.5 Å².